The van der Waals surface area contributed by atoms with Crippen LogP contribution in [0, 0.1) is 23.7 Å². The molecule has 0 radical (unpaired) electrons. The zero-order chi connectivity index (χ0) is 24.0. The van der Waals surface area contributed by atoms with Gasteiger partial charge in [0, 0.05) is 18.5 Å². The Morgan fingerprint density at radius 1 is 0.879 bits per heavy atom. The second-order valence-corrected chi connectivity index (χ2v) is 10.6. The van der Waals surface area contributed by atoms with Gasteiger partial charge in [0.25, 0.3) is 0 Å². The van der Waals surface area contributed by atoms with Gasteiger partial charge in [0.05, 0.1) is 12.7 Å². The van der Waals surface area contributed by atoms with E-state index in [1.807, 2.05) is 0 Å². The number of hydrogen-bond acceptors (Lipinski definition) is 5. The first-order valence-electron chi connectivity index (χ1n) is 12.9. The fourth-order valence-corrected chi connectivity index (χ4v) is 6.38. The molecule has 1 aliphatic heterocycles. The fraction of sp³-hybridized carbons (Fsp3) is 0.880. The molecular weight excluding hydrogens is 426 g/mol. The number of carbonyl (C=O) groups is 3. The van der Waals surface area contributed by atoms with Crippen molar-refractivity contribution in [2.24, 2.45) is 23.7 Å². The van der Waals surface area contributed by atoms with Gasteiger partial charge in [-0.2, -0.15) is 0 Å². The molecule has 1 saturated heterocycles. The van der Waals surface area contributed by atoms with Gasteiger partial charge in [-0.1, -0.05) is 25.7 Å². The number of aliphatic hydroxyl groups is 2. The van der Waals surface area contributed by atoms with Crippen LogP contribution in [0.1, 0.15) is 89.9 Å². The van der Waals surface area contributed by atoms with Crippen molar-refractivity contribution in [1.82, 2.24) is 4.90 Å². The van der Waals surface area contributed by atoms with Gasteiger partial charge in [-0.15, -0.1) is 0 Å². The number of carboxylic acids is 2. The number of amides is 1. The van der Waals surface area contributed by atoms with Crippen molar-refractivity contribution in [2.75, 3.05) is 6.61 Å². The maximum absolute atomic E-state index is 12.5. The molecule has 2 saturated carbocycles. The second kappa shape index (κ2) is 12.2. The Morgan fingerprint density at radius 3 is 2.00 bits per heavy atom. The fourth-order valence-electron chi connectivity index (χ4n) is 6.38. The lowest BCUT2D eigenvalue weighted by atomic mass is 9.72. The summed E-state index contributed by atoms with van der Waals surface area (Å²) in [7, 11) is 0. The highest BCUT2D eigenvalue weighted by Gasteiger charge is 2.46. The first-order chi connectivity index (χ1) is 15.8. The molecule has 0 bridgehead atoms. The van der Waals surface area contributed by atoms with E-state index in [0.29, 0.717) is 49.1 Å². The third kappa shape index (κ3) is 6.92. The molecule has 33 heavy (non-hydrogen) atoms. The van der Waals surface area contributed by atoms with Crippen molar-refractivity contribution < 1.29 is 34.8 Å². The van der Waals surface area contributed by atoms with Gasteiger partial charge in [-0.05, 0) is 75.5 Å². The van der Waals surface area contributed by atoms with Crippen molar-refractivity contribution in [3.05, 3.63) is 0 Å². The molecule has 0 aromatic carbocycles. The van der Waals surface area contributed by atoms with Crippen molar-refractivity contribution >= 4 is 17.8 Å². The van der Waals surface area contributed by atoms with Crippen LogP contribution in [0.5, 0.6) is 0 Å². The van der Waals surface area contributed by atoms with E-state index in [2.05, 4.69) is 4.90 Å². The number of rotatable bonds is 12. The van der Waals surface area contributed by atoms with E-state index in [1.54, 1.807) is 0 Å². The zero-order valence-electron chi connectivity index (χ0n) is 19.6. The molecule has 0 aromatic rings. The van der Waals surface area contributed by atoms with Crippen LogP contribution in [0.4, 0.5) is 0 Å². The molecule has 2 unspecified atom stereocenters. The van der Waals surface area contributed by atoms with Gasteiger partial charge in [-0.25, -0.2) is 0 Å². The number of carboxylic acid groups (broad SMARTS) is 2. The number of hydrogen-bond donors (Lipinski definition) is 4. The highest BCUT2D eigenvalue weighted by atomic mass is 16.4. The smallest absolute Gasteiger partial charge is 0.317 e. The van der Waals surface area contributed by atoms with Crippen molar-refractivity contribution in [2.45, 2.75) is 108 Å². The summed E-state index contributed by atoms with van der Waals surface area (Å²) in [4.78, 5) is 36.7. The molecule has 8 nitrogen and oxygen atoms in total. The normalized spacial score (nSPS) is 31.3. The first kappa shape index (κ1) is 25.9. The molecule has 4 N–H and O–H groups in total. The van der Waals surface area contributed by atoms with Crippen molar-refractivity contribution in [1.29, 1.82) is 0 Å². The summed E-state index contributed by atoms with van der Waals surface area (Å²) in [6.45, 7) is -0.174. The van der Waals surface area contributed by atoms with Crippen LogP contribution in [-0.2, 0) is 14.4 Å². The van der Waals surface area contributed by atoms with E-state index < -0.39 is 24.0 Å². The maximum Gasteiger partial charge on any atom is 0.317 e. The minimum Gasteiger partial charge on any atom is -0.481 e. The number of aliphatic hydroxyl groups excluding tert-OH is 2. The highest BCUT2D eigenvalue weighted by molar-refractivity contribution is 5.92. The van der Waals surface area contributed by atoms with Gasteiger partial charge in [0.1, 0.15) is 0 Å². The summed E-state index contributed by atoms with van der Waals surface area (Å²) in [5, 5.41) is 36.6. The average Bonchev–Trinajstić information content (AvgIpc) is 2.79. The van der Waals surface area contributed by atoms with Crippen LogP contribution >= 0.6 is 0 Å². The van der Waals surface area contributed by atoms with Crippen molar-refractivity contribution in [3.8, 4) is 0 Å². The van der Waals surface area contributed by atoms with E-state index in [-0.39, 0.29) is 18.9 Å². The molecule has 3 aliphatic rings. The topological polar surface area (TPSA) is 135 Å². The number of aliphatic carboxylic acids is 2. The van der Waals surface area contributed by atoms with Crippen LogP contribution < -0.4 is 0 Å². The van der Waals surface area contributed by atoms with Crippen LogP contribution in [0.2, 0.25) is 0 Å². The highest BCUT2D eigenvalue weighted by Crippen LogP contribution is 2.43. The monoisotopic (exact) mass is 467 g/mol. The van der Waals surface area contributed by atoms with Gasteiger partial charge >= 0.3 is 11.9 Å². The number of nitrogens with zero attached hydrogens (tertiary/aromatic N) is 1. The maximum atomic E-state index is 12.5. The Kier molecular flexibility index (Phi) is 9.56. The Labute approximate surface area is 196 Å². The minimum atomic E-state index is -1.30. The zero-order valence-corrected chi connectivity index (χ0v) is 19.6. The molecule has 188 valence electrons. The number of β-lactam (4-membered cyclic amide) rings is 1. The molecule has 1 amide bonds. The Balaban J connectivity index is 1.38. The molecule has 0 spiro atoms. The van der Waals surface area contributed by atoms with Crippen LogP contribution in [0.3, 0.4) is 0 Å². The number of likely N-dealkylation sites (tertiary alicyclic amines) is 1. The summed E-state index contributed by atoms with van der Waals surface area (Å²) in [5.41, 5.74) is 0. The Bertz CT molecular complexity index is 654. The van der Waals surface area contributed by atoms with Crippen LogP contribution in [0.25, 0.3) is 0 Å². The van der Waals surface area contributed by atoms with E-state index in [4.69, 9.17) is 15.3 Å². The molecule has 3 fully saturated rings. The predicted octanol–water partition coefficient (Wildman–Crippen LogP) is 3.04. The lowest BCUT2D eigenvalue weighted by Gasteiger charge is -2.52. The van der Waals surface area contributed by atoms with E-state index >= 15 is 0 Å². The summed E-state index contributed by atoms with van der Waals surface area (Å²) in [6.07, 6.45) is 11.9. The quantitative estimate of drug-likeness (QED) is 0.256. The first-order valence-corrected chi connectivity index (χ1v) is 12.9. The molecule has 2 atom stereocenters. The standard InChI is InChI=1S/C25H41NO7/c27-15-20(28)13-8-17-6-11-19(12-7-17)26-22(14-23(26)29)18-9-4-16(5-10-18)2-1-3-21(24(30)31)25(32)33/h16-22,27-28H,1-15H2,(H,30,31)(H,32,33). The largest absolute Gasteiger partial charge is 0.481 e. The summed E-state index contributed by atoms with van der Waals surface area (Å²) in [6, 6.07) is 0.705. The summed E-state index contributed by atoms with van der Waals surface area (Å²) >= 11 is 0. The molecule has 1 heterocycles. The van der Waals surface area contributed by atoms with Gasteiger partial charge < -0.3 is 25.3 Å². The van der Waals surface area contributed by atoms with E-state index in [9.17, 15) is 19.5 Å². The molecule has 0 aromatic heterocycles. The third-order valence-corrected chi connectivity index (χ3v) is 8.49. The van der Waals surface area contributed by atoms with Gasteiger partial charge in [-0.3, -0.25) is 14.4 Å². The lowest BCUT2D eigenvalue weighted by molar-refractivity contribution is -0.157. The van der Waals surface area contributed by atoms with Crippen molar-refractivity contribution in [3.63, 3.8) is 0 Å². The molecular formula is C25H41NO7. The lowest BCUT2D eigenvalue weighted by Crippen LogP contribution is -2.61. The Hall–Kier alpha value is -1.67. The van der Waals surface area contributed by atoms with Crippen LogP contribution in [0.15, 0.2) is 0 Å². The van der Waals surface area contributed by atoms with Gasteiger partial charge in [0.15, 0.2) is 5.92 Å². The average molecular weight is 468 g/mol. The van der Waals surface area contributed by atoms with E-state index in [0.717, 1.165) is 64.2 Å². The third-order valence-electron chi connectivity index (χ3n) is 8.49. The van der Waals surface area contributed by atoms with Gasteiger partial charge in [0.2, 0.25) is 5.91 Å². The summed E-state index contributed by atoms with van der Waals surface area (Å²) < 4.78 is 0. The molecule has 8 heteroatoms. The van der Waals surface area contributed by atoms with E-state index in [1.165, 1.54) is 0 Å². The SMILES string of the molecule is O=C(O)C(CCCC1CCC(C2CC(=O)N2C2CCC(CCC(O)CO)CC2)CC1)C(=O)O. The second-order valence-electron chi connectivity index (χ2n) is 10.6. The minimum absolute atomic E-state index is 0.174. The number of carbonyl (C=O) groups excluding carboxylic acids is 1. The predicted molar refractivity (Wildman–Crippen MR) is 121 cm³/mol. The van der Waals surface area contributed by atoms with Crippen LogP contribution in [-0.4, -0.2) is 68.0 Å². The molecule has 2 aliphatic carbocycles. The Morgan fingerprint density at radius 2 is 1.45 bits per heavy atom. The molecule has 3 rings (SSSR count). The summed E-state index contributed by atoms with van der Waals surface area (Å²) in [5.74, 6) is -1.87.